The third-order valence-corrected chi connectivity index (χ3v) is 1.70. The lowest BCUT2D eigenvalue weighted by molar-refractivity contribution is -0.137. The van der Waals surface area contributed by atoms with Gasteiger partial charge in [-0.3, -0.25) is 14.4 Å². The van der Waals surface area contributed by atoms with Crippen molar-refractivity contribution in [3.63, 3.8) is 0 Å². The van der Waals surface area contributed by atoms with Crippen molar-refractivity contribution in [3.8, 4) is 0 Å². The van der Waals surface area contributed by atoms with Crippen LogP contribution in [0.5, 0.6) is 0 Å². The zero-order chi connectivity index (χ0) is 11.5. The average molecular weight is 216 g/mol. The molecule has 0 unspecified atom stereocenters. The Bertz CT molecular complexity index is 218. The number of rotatable bonds is 9. The maximum absolute atomic E-state index is 11.1. The highest BCUT2D eigenvalue weighted by Gasteiger charge is 2.01. The smallest absolute Gasteiger partial charge is 0.303 e. The lowest BCUT2D eigenvalue weighted by atomic mass is 10.2. The molecule has 0 spiro atoms. The summed E-state index contributed by atoms with van der Waals surface area (Å²) in [5.74, 6) is -0.979. The van der Waals surface area contributed by atoms with Crippen LogP contribution in [-0.4, -0.2) is 36.5 Å². The Morgan fingerprint density at radius 2 is 1.80 bits per heavy atom. The van der Waals surface area contributed by atoms with Gasteiger partial charge in [0.1, 0.15) is 0 Å². The Morgan fingerprint density at radius 3 is 2.40 bits per heavy atom. The first-order valence-electron chi connectivity index (χ1n) is 4.82. The zero-order valence-electron chi connectivity index (χ0n) is 8.49. The average Bonchev–Trinajstić information content (AvgIpc) is 2.19. The Balaban J connectivity index is 3.25. The second-order valence-electron chi connectivity index (χ2n) is 3.02. The van der Waals surface area contributed by atoms with Crippen LogP contribution in [0, 0.1) is 0 Å². The summed E-state index contributed by atoms with van der Waals surface area (Å²) < 4.78 is 0. The van der Waals surface area contributed by atoms with Crippen molar-refractivity contribution < 1.29 is 19.5 Å². The van der Waals surface area contributed by atoms with E-state index in [4.69, 9.17) is 5.11 Å². The number of carbonyl (C=O) groups is 3. The predicted octanol–water partition coefficient (Wildman–Crippen LogP) is -0.506. The van der Waals surface area contributed by atoms with E-state index in [-0.39, 0.29) is 12.3 Å². The molecule has 0 rings (SSSR count). The maximum Gasteiger partial charge on any atom is 0.303 e. The minimum atomic E-state index is -0.862. The summed E-state index contributed by atoms with van der Waals surface area (Å²) in [7, 11) is 0. The van der Waals surface area contributed by atoms with E-state index in [2.05, 4.69) is 10.6 Å². The van der Waals surface area contributed by atoms with Gasteiger partial charge >= 0.3 is 5.97 Å². The first-order valence-corrected chi connectivity index (χ1v) is 4.82. The van der Waals surface area contributed by atoms with Crippen LogP contribution in [0.25, 0.3) is 0 Å². The minimum Gasteiger partial charge on any atom is -0.481 e. The van der Waals surface area contributed by atoms with Crippen molar-refractivity contribution in [1.82, 2.24) is 10.6 Å². The fourth-order valence-corrected chi connectivity index (χ4v) is 0.966. The predicted molar refractivity (Wildman–Crippen MR) is 53.2 cm³/mol. The highest BCUT2D eigenvalue weighted by molar-refractivity contribution is 5.75. The van der Waals surface area contributed by atoms with Crippen molar-refractivity contribution >= 4 is 18.3 Å². The standard InChI is InChI=1S/C9H16N2O4/c12-7-10-5-1-3-8(13)11-6-2-4-9(14)15/h7H,1-6H2,(H,10,12)(H,11,13)(H,14,15). The van der Waals surface area contributed by atoms with Gasteiger partial charge in [0.25, 0.3) is 0 Å². The van der Waals surface area contributed by atoms with Crippen LogP contribution in [0.2, 0.25) is 0 Å². The Hall–Kier alpha value is -1.59. The number of carboxylic acid groups (broad SMARTS) is 1. The van der Waals surface area contributed by atoms with Crippen LogP contribution in [0.4, 0.5) is 0 Å². The van der Waals surface area contributed by atoms with Gasteiger partial charge in [-0.1, -0.05) is 0 Å². The SMILES string of the molecule is O=CNCCCC(=O)NCCCC(=O)O. The molecule has 86 valence electrons. The molecule has 0 bridgehead atoms. The van der Waals surface area contributed by atoms with Gasteiger partial charge in [-0.05, 0) is 12.8 Å². The van der Waals surface area contributed by atoms with Crippen LogP contribution in [0.3, 0.4) is 0 Å². The van der Waals surface area contributed by atoms with Crippen molar-refractivity contribution in [2.45, 2.75) is 25.7 Å². The largest absolute Gasteiger partial charge is 0.481 e. The number of hydrogen-bond acceptors (Lipinski definition) is 3. The van der Waals surface area contributed by atoms with Crippen molar-refractivity contribution in [1.29, 1.82) is 0 Å². The molecule has 0 aromatic heterocycles. The molecule has 0 aliphatic carbocycles. The second kappa shape index (κ2) is 8.98. The van der Waals surface area contributed by atoms with E-state index in [9.17, 15) is 14.4 Å². The van der Waals surface area contributed by atoms with E-state index in [0.29, 0.717) is 38.8 Å². The Kier molecular flexibility index (Phi) is 8.03. The first-order chi connectivity index (χ1) is 7.16. The second-order valence-corrected chi connectivity index (χ2v) is 3.02. The lowest BCUT2D eigenvalue weighted by Crippen LogP contribution is -2.25. The fraction of sp³-hybridized carbons (Fsp3) is 0.667. The molecule has 0 aromatic rings. The van der Waals surface area contributed by atoms with E-state index in [1.165, 1.54) is 0 Å². The number of aliphatic carboxylic acids is 1. The Morgan fingerprint density at radius 1 is 1.13 bits per heavy atom. The van der Waals surface area contributed by atoms with Crippen LogP contribution in [0.15, 0.2) is 0 Å². The summed E-state index contributed by atoms with van der Waals surface area (Å²) in [5.41, 5.74) is 0. The summed E-state index contributed by atoms with van der Waals surface area (Å²) in [6, 6.07) is 0. The maximum atomic E-state index is 11.1. The van der Waals surface area contributed by atoms with Crippen molar-refractivity contribution in [3.05, 3.63) is 0 Å². The number of amides is 2. The molecule has 0 saturated heterocycles. The number of hydrogen-bond donors (Lipinski definition) is 3. The molecule has 15 heavy (non-hydrogen) atoms. The first kappa shape index (κ1) is 13.4. The van der Waals surface area contributed by atoms with E-state index < -0.39 is 5.97 Å². The topological polar surface area (TPSA) is 95.5 Å². The summed E-state index contributed by atoms with van der Waals surface area (Å²) in [6.45, 7) is 0.859. The molecule has 0 aliphatic heterocycles. The number of carboxylic acids is 1. The van der Waals surface area contributed by atoms with Gasteiger partial charge in [0.05, 0.1) is 0 Å². The normalized spacial score (nSPS) is 9.33. The molecule has 0 aliphatic rings. The fourth-order valence-electron chi connectivity index (χ4n) is 0.966. The highest BCUT2D eigenvalue weighted by Crippen LogP contribution is 1.89. The van der Waals surface area contributed by atoms with Gasteiger partial charge in [0.15, 0.2) is 0 Å². The quantitative estimate of drug-likeness (QED) is 0.357. The van der Waals surface area contributed by atoms with Gasteiger partial charge in [-0.15, -0.1) is 0 Å². The van der Waals surface area contributed by atoms with E-state index in [1.54, 1.807) is 0 Å². The summed E-state index contributed by atoms with van der Waals surface area (Å²) in [4.78, 5) is 31.1. The van der Waals surface area contributed by atoms with Gasteiger partial charge in [-0.2, -0.15) is 0 Å². The molecule has 0 heterocycles. The molecule has 0 fully saturated rings. The summed E-state index contributed by atoms with van der Waals surface area (Å²) >= 11 is 0. The van der Waals surface area contributed by atoms with Crippen LogP contribution in [0.1, 0.15) is 25.7 Å². The molecule has 0 atom stereocenters. The van der Waals surface area contributed by atoms with E-state index in [0.717, 1.165) is 0 Å². The zero-order valence-corrected chi connectivity index (χ0v) is 8.49. The van der Waals surface area contributed by atoms with Gasteiger partial charge in [0.2, 0.25) is 12.3 Å². The van der Waals surface area contributed by atoms with E-state index in [1.807, 2.05) is 0 Å². The van der Waals surface area contributed by atoms with Crippen LogP contribution < -0.4 is 10.6 Å². The van der Waals surface area contributed by atoms with Crippen LogP contribution >= 0.6 is 0 Å². The summed E-state index contributed by atoms with van der Waals surface area (Å²) in [5, 5.41) is 13.4. The van der Waals surface area contributed by atoms with Crippen molar-refractivity contribution in [2.24, 2.45) is 0 Å². The van der Waals surface area contributed by atoms with E-state index >= 15 is 0 Å². The highest BCUT2D eigenvalue weighted by atomic mass is 16.4. The third kappa shape index (κ3) is 10.3. The molecule has 3 N–H and O–H groups in total. The lowest BCUT2D eigenvalue weighted by Gasteiger charge is -2.03. The molecule has 0 aromatic carbocycles. The molecule has 2 amide bonds. The van der Waals surface area contributed by atoms with Gasteiger partial charge in [-0.25, -0.2) is 0 Å². The number of carbonyl (C=O) groups excluding carboxylic acids is 2. The van der Waals surface area contributed by atoms with Gasteiger partial charge in [0, 0.05) is 25.9 Å². The van der Waals surface area contributed by atoms with Crippen LogP contribution in [-0.2, 0) is 14.4 Å². The molecular formula is C9H16N2O4. The minimum absolute atomic E-state index is 0.0625. The van der Waals surface area contributed by atoms with Crippen molar-refractivity contribution in [2.75, 3.05) is 13.1 Å². The third-order valence-electron chi connectivity index (χ3n) is 1.70. The van der Waals surface area contributed by atoms with Gasteiger partial charge < -0.3 is 15.7 Å². The molecule has 0 radical (unpaired) electrons. The molecule has 6 nitrogen and oxygen atoms in total. The molecular weight excluding hydrogens is 200 g/mol. The number of nitrogens with one attached hydrogen (secondary N) is 2. The molecule has 6 heteroatoms. The monoisotopic (exact) mass is 216 g/mol. The molecule has 0 saturated carbocycles. The Labute approximate surface area is 88.0 Å². The summed E-state index contributed by atoms with van der Waals surface area (Å²) in [6.07, 6.45) is 2.02.